The minimum Gasteiger partial charge on any atom is -0.494 e. The molecule has 7 nitrogen and oxygen atoms in total. The van der Waals surface area contributed by atoms with Gasteiger partial charge in [-0.1, -0.05) is 18.2 Å². The number of rotatable bonds is 8. The summed E-state index contributed by atoms with van der Waals surface area (Å²) in [5.41, 5.74) is 2.05. The van der Waals surface area contributed by atoms with Crippen LogP contribution in [-0.2, 0) is 22.7 Å². The average Bonchev–Trinajstić information content (AvgIpc) is 2.73. The van der Waals surface area contributed by atoms with E-state index >= 15 is 0 Å². The second kappa shape index (κ2) is 10.0. The lowest BCUT2D eigenvalue weighted by Gasteiger charge is -2.35. The quantitative estimate of drug-likeness (QED) is 0.737. The predicted molar refractivity (Wildman–Crippen MR) is 110 cm³/mol. The van der Waals surface area contributed by atoms with E-state index in [0.717, 1.165) is 16.9 Å². The number of piperazine rings is 1. The van der Waals surface area contributed by atoms with Gasteiger partial charge in [0.25, 0.3) is 0 Å². The van der Waals surface area contributed by atoms with E-state index in [2.05, 4.69) is 15.2 Å². The Bertz CT molecular complexity index is 811. The SMILES string of the molecule is CCOc1ccc(CN2CCNC(=O)C2CC(=O)N(C)Cc2cccnc2)cc1. The lowest BCUT2D eigenvalue weighted by atomic mass is 10.1. The third-order valence-electron chi connectivity index (χ3n) is 5.00. The summed E-state index contributed by atoms with van der Waals surface area (Å²) in [6.45, 7) is 4.97. The van der Waals surface area contributed by atoms with Crippen LogP contribution in [0.2, 0.25) is 0 Å². The maximum atomic E-state index is 12.8. The molecule has 1 N–H and O–H groups in total. The van der Waals surface area contributed by atoms with Crippen LogP contribution in [0, 0.1) is 0 Å². The van der Waals surface area contributed by atoms with Gasteiger partial charge in [0, 0.05) is 45.6 Å². The van der Waals surface area contributed by atoms with Gasteiger partial charge in [-0.15, -0.1) is 0 Å². The monoisotopic (exact) mass is 396 g/mol. The minimum absolute atomic E-state index is 0.0624. The van der Waals surface area contributed by atoms with Crippen LogP contribution >= 0.6 is 0 Å². The van der Waals surface area contributed by atoms with Gasteiger partial charge in [0.2, 0.25) is 11.8 Å². The van der Waals surface area contributed by atoms with Crippen LogP contribution < -0.4 is 10.1 Å². The maximum absolute atomic E-state index is 12.8. The Hall–Kier alpha value is -2.93. The molecule has 0 aliphatic carbocycles. The molecule has 0 saturated carbocycles. The van der Waals surface area contributed by atoms with Crippen LogP contribution in [0.5, 0.6) is 5.75 Å². The molecule has 1 aromatic carbocycles. The van der Waals surface area contributed by atoms with Gasteiger partial charge >= 0.3 is 0 Å². The smallest absolute Gasteiger partial charge is 0.237 e. The fraction of sp³-hybridized carbons (Fsp3) is 0.409. The first-order chi connectivity index (χ1) is 14.1. The largest absolute Gasteiger partial charge is 0.494 e. The molecule has 1 aliphatic heterocycles. The van der Waals surface area contributed by atoms with Crippen LogP contribution in [0.4, 0.5) is 0 Å². The van der Waals surface area contributed by atoms with Crippen molar-refractivity contribution in [3.63, 3.8) is 0 Å². The van der Waals surface area contributed by atoms with Crippen LogP contribution in [0.25, 0.3) is 0 Å². The summed E-state index contributed by atoms with van der Waals surface area (Å²) >= 11 is 0. The lowest BCUT2D eigenvalue weighted by Crippen LogP contribution is -2.56. The number of nitrogens with zero attached hydrogens (tertiary/aromatic N) is 3. The first kappa shape index (κ1) is 20.8. The summed E-state index contributed by atoms with van der Waals surface area (Å²) in [4.78, 5) is 33.1. The predicted octanol–water partition coefficient (Wildman–Crippen LogP) is 1.83. The lowest BCUT2D eigenvalue weighted by molar-refractivity contribution is -0.138. The molecule has 1 saturated heterocycles. The number of carbonyl (C=O) groups excluding carboxylic acids is 2. The Morgan fingerprint density at radius 2 is 2.07 bits per heavy atom. The van der Waals surface area contributed by atoms with E-state index < -0.39 is 6.04 Å². The molecule has 2 aromatic rings. The highest BCUT2D eigenvalue weighted by Gasteiger charge is 2.32. The van der Waals surface area contributed by atoms with Gasteiger partial charge in [0.15, 0.2) is 0 Å². The zero-order chi connectivity index (χ0) is 20.6. The normalized spacial score (nSPS) is 16.9. The van der Waals surface area contributed by atoms with Crippen molar-refractivity contribution in [2.24, 2.45) is 0 Å². The fourth-order valence-electron chi connectivity index (χ4n) is 3.44. The van der Waals surface area contributed by atoms with Gasteiger partial charge in [-0.2, -0.15) is 0 Å². The Balaban J connectivity index is 1.63. The minimum atomic E-state index is -0.473. The topological polar surface area (TPSA) is 74.8 Å². The van der Waals surface area contributed by atoms with Crippen LogP contribution in [0.3, 0.4) is 0 Å². The summed E-state index contributed by atoms with van der Waals surface area (Å²) in [5, 5.41) is 2.89. The zero-order valence-corrected chi connectivity index (χ0v) is 17.0. The Morgan fingerprint density at radius 3 is 2.76 bits per heavy atom. The Labute approximate surface area is 171 Å². The summed E-state index contributed by atoms with van der Waals surface area (Å²) in [6, 6.07) is 11.2. The van der Waals surface area contributed by atoms with Gasteiger partial charge in [-0.25, -0.2) is 0 Å². The van der Waals surface area contributed by atoms with E-state index in [1.54, 1.807) is 24.3 Å². The van der Waals surface area contributed by atoms with Crippen molar-refractivity contribution >= 4 is 11.8 Å². The zero-order valence-electron chi connectivity index (χ0n) is 17.0. The average molecular weight is 396 g/mol. The van der Waals surface area contributed by atoms with E-state index in [-0.39, 0.29) is 18.2 Å². The molecule has 0 spiro atoms. The van der Waals surface area contributed by atoms with E-state index in [9.17, 15) is 9.59 Å². The number of amides is 2. The third-order valence-corrected chi connectivity index (χ3v) is 5.00. The van der Waals surface area contributed by atoms with Gasteiger partial charge < -0.3 is 15.0 Å². The third kappa shape index (κ3) is 5.77. The van der Waals surface area contributed by atoms with Gasteiger partial charge in [0.05, 0.1) is 19.1 Å². The summed E-state index contributed by atoms with van der Waals surface area (Å²) < 4.78 is 5.48. The van der Waals surface area contributed by atoms with Crippen molar-refractivity contribution in [3.05, 3.63) is 59.9 Å². The van der Waals surface area contributed by atoms with Crippen LogP contribution in [-0.4, -0.2) is 59.4 Å². The van der Waals surface area contributed by atoms with Crippen LogP contribution in [0.1, 0.15) is 24.5 Å². The van der Waals surface area contributed by atoms with Crippen molar-refractivity contribution in [1.82, 2.24) is 20.1 Å². The molecule has 1 atom stereocenters. The summed E-state index contributed by atoms with van der Waals surface area (Å²) in [5.74, 6) is 0.675. The number of nitrogens with one attached hydrogen (secondary N) is 1. The number of pyridine rings is 1. The molecule has 1 aromatic heterocycles. The molecule has 2 amide bonds. The molecule has 154 valence electrons. The van der Waals surface area contributed by atoms with Gasteiger partial charge in [0.1, 0.15) is 5.75 Å². The molecule has 7 heteroatoms. The Kier molecular flexibility index (Phi) is 7.19. The maximum Gasteiger partial charge on any atom is 0.237 e. The second-order valence-electron chi connectivity index (χ2n) is 7.17. The number of ether oxygens (including phenoxy) is 1. The van der Waals surface area contributed by atoms with Crippen molar-refractivity contribution in [3.8, 4) is 5.75 Å². The molecular formula is C22H28N4O3. The molecule has 3 rings (SSSR count). The highest BCUT2D eigenvalue weighted by atomic mass is 16.5. The Morgan fingerprint density at radius 1 is 1.28 bits per heavy atom. The van der Waals surface area contributed by atoms with Gasteiger partial charge in [-0.05, 0) is 36.2 Å². The van der Waals surface area contributed by atoms with Crippen molar-refractivity contribution < 1.29 is 14.3 Å². The first-order valence-electron chi connectivity index (χ1n) is 9.93. The van der Waals surface area contributed by atoms with Crippen LogP contribution in [0.15, 0.2) is 48.8 Å². The first-order valence-corrected chi connectivity index (χ1v) is 9.93. The number of aromatic nitrogens is 1. The molecule has 1 aliphatic rings. The number of benzene rings is 1. The van der Waals surface area contributed by atoms with Crippen molar-refractivity contribution in [1.29, 1.82) is 0 Å². The van der Waals surface area contributed by atoms with Crippen molar-refractivity contribution in [2.45, 2.75) is 32.5 Å². The van der Waals surface area contributed by atoms with E-state index in [4.69, 9.17) is 4.74 Å². The summed E-state index contributed by atoms with van der Waals surface area (Å²) in [6.07, 6.45) is 3.60. The molecule has 1 unspecified atom stereocenters. The second-order valence-corrected chi connectivity index (χ2v) is 7.17. The van der Waals surface area contributed by atoms with E-state index in [1.807, 2.05) is 43.3 Å². The standard InChI is InChI=1S/C22H28N4O3/c1-3-29-19-8-6-17(7-9-19)16-26-12-11-24-22(28)20(26)13-21(27)25(2)15-18-5-4-10-23-14-18/h4-10,14,20H,3,11-13,15-16H2,1-2H3,(H,24,28). The van der Waals surface area contributed by atoms with Gasteiger partial charge in [-0.3, -0.25) is 19.5 Å². The molecule has 29 heavy (non-hydrogen) atoms. The number of carbonyl (C=O) groups is 2. The highest BCUT2D eigenvalue weighted by Crippen LogP contribution is 2.18. The van der Waals surface area contributed by atoms with E-state index in [0.29, 0.717) is 32.8 Å². The molecular weight excluding hydrogens is 368 g/mol. The molecule has 0 bridgehead atoms. The summed E-state index contributed by atoms with van der Waals surface area (Å²) in [7, 11) is 1.76. The fourth-order valence-corrected chi connectivity index (χ4v) is 3.44. The molecule has 2 heterocycles. The molecule has 1 fully saturated rings. The van der Waals surface area contributed by atoms with E-state index in [1.165, 1.54) is 0 Å². The molecule has 0 radical (unpaired) electrons. The number of hydrogen-bond donors (Lipinski definition) is 1. The number of hydrogen-bond acceptors (Lipinski definition) is 5. The van der Waals surface area contributed by atoms with Crippen molar-refractivity contribution in [2.75, 3.05) is 26.7 Å². The highest BCUT2D eigenvalue weighted by molar-refractivity contribution is 5.88.